The molecule has 0 fully saturated rings. The number of rotatable bonds is 4. The molecule has 0 atom stereocenters. The summed E-state index contributed by atoms with van der Waals surface area (Å²) in [6, 6.07) is 9.57. The van der Waals surface area contributed by atoms with Crippen molar-refractivity contribution in [1.29, 1.82) is 0 Å². The Morgan fingerprint density at radius 3 is 2.45 bits per heavy atom. The van der Waals surface area contributed by atoms with Gasteiger partial charge in [0.1, 0.15) is 11.5 Å². The van der Waals surface area contributed by atoms with Gasteiger partial charge in [-0.3, -0.25) is 19.9 Å². The van der Waals surface area contributed by atoms with Crippen LogP contribution in [0.3, 0.4) is 0 Å². The van der Waals surface area contributed by atoms with Gasteiger partial charge in [-0.2, -0.15) is 10.2 Å². The third kappa shape index (κ3) is 5.56. The second-order valence-corrected chi connectivity index (χ2v) is 8.61. The second kappa shape index (κ2) is 8.71. The van der Waals surface area contributed by atoms with E-state index in [4.69, 9.17) is 0 Å². The van der Waals surface area contributed by atoms with E-state index in [1.165, 1.54) is 12.1 Å². The summed E-state index contributed by atoms with van der Waals surface area (Å²) in [5, 5.41) is 17.4. The van der Waals surface area contributed by atoms with Gasteiger partial charge >= 0.3 is 0 Å². The van der Waals surface area contributed by atoms with Crippen molar-refractivity contribution in [2.75, 3.05) is 5.32 Å². The van der Waals surface area contributed by atoms with Crippen molar-refractivity contribution in [3.05, 3.63) is 53.6 Å². The molecule has 9 heteroatoms. The lowest BCUT2D eigenvalue weighted by Crippen LogP contribution is -2.37. The molecule has 1 aromatic carbocycles. The molecular formula is C22H28FN7O. The van der Waals surface area contributed by atoms with Crippen LogP contribution >= 0.6 is 0 Å². The molecule has 0 aliphatic carbocycles. The summed E-state index contributed by atoms with van der Waals surface area (Å²) in [4.78, 5) is 17.3. The Morgan fingerprint density at radius 2 is 1.87 bits per heavy atom. The predicted octanol–water partition coefficient (Wildman–Crippen LogP) is 3.85. The molecule has 0 radical (unpaired) electrons. The minimum atomic E-state index is -0.327. The third-order valence-corrected chi connectivity index (χ3v) is 4.48. The van der Waals surface area contributed by atoms with E-state index < -0.39 is 0 Å². The van der Waals surface area contributed by atoms with Crippen LogP contribution in [-0.4, -0.2) is 37.9 Å². The molecule has 0 aliphatic rings. The second-order valence-electron chi connectivity index (χ2n) is 8.61. The van der Waals surface area contributed by atoms with Gasteiger partial charge in [0.25, 0.3) is 5.91 Å². The lowest BCUT2D eigenvalue weighted by atomic mass is 9.92. The quantitative estimate of drug-likeness (QED) is 0.437. The summed E-state index contributed by atoms with van der Waals surface area (Å²) in [6.45, 7) is 9.94. The van der Waals surface area contributed by atoms with Gasteiger partial charge in [-0.1, -0.05) is 20.8 Å². The minimum Gasteiger partial charge on any atom is -0.309 e. The number of aliphatic imine (C=N–C) groups is 1. The molecular weight excluding hydrogens is 397 g/mol. The van der Waals surface area contributed by atoms with Crippen LogP contribution in [0.5, 0.6) is 0 Å². The molecule has 3 rings (SSSR count). The highest BCUT2D eigenvalue weighted by Gasteiger charge is 2.22. The highest BCUT2D eigenvalue weighted by atomic mass is 19.1. The summed E-state index contributed by atoms with van der Waals surface area (Å²) in [7, 11) is 1.74. The zero-order chi connectivity index (χ0) is 22.8. The fraction of sp³-hybridized carbons (Fsp3) is 0.364. The number of hydrogen-bond acceptors (Lipinski definition) is 4. The first-order chi connectivity index (χ1) is 14.5. The first-order valence-electron chi connectivity index (χ1n) is 10.0. The first kappa shape index (κ1) is 22.2. The van der Waals surface area contributed by atoms with Gasteiger partial charge in [0.15, 0.2) is 5.82 Å². The molecule has 0 bridgehead atoms. The summed E-state index contributed by atoms with van der Waals surface area (Å²) in [6.07, 6.45) is 0. The normalized spacial score (nSPS) is 12.3. The van der Waals surface area contributed by atoms with Crippen molar-refractivity contribution >= 4 is 17.7 Å². The lowest BCUT2D eigenvalue weighted by Gasteiger charge is -2.13. The van der Waals surface area contributed by atoms with E-state index >= 15 is 0 Å². The van der Waals surface area contributed by atoms with Crippen molar-refractivity contribution in [3.63, 3.8) is 0 Å². The number of amides is 1. The largest absolute Gasteiger partial charge is 0.309 e. The van der Waals surface area contributed by atoms with Crippen LogP contribution in [0.4, 0.5) is 10.2 Å². The minimum absolute atomic E-state index is 0.0602. The molecule has 164 valence electrons. The van der Waals surface area contributed by atoms with E-state index in [0.29, 0.717) is 17.2 Å². The highest BCUT2D eigenvalue weighted by Crippen LogP contribution is 2.22. The number of carbonyl (C=O) groups excluding carboxylic acids is 1. The fourth-order valence-corrected chi connectivity index (χ4v) is 2.86. The van der Waals surface area contributed by atoms with Crippen LogP contribution in [0.25, 0.3) is 11.3 Å². The predicted molar refractivity (Wildman–Crippen MR) is 120 cm³/mol. The molecule has 1 amide bonds. The molecule has 2 heterocycles. The zero-order valence-corrected chi connectivity index (χ0v) is 18.6. The van der Waals surface area contributed by atoms with E-state index in [9.17, 15) is 9.18 Å². The Kier molecular flexibility index (Phi) is 6.24. The van der Waals surface area contributed by atoms with Crippen molar-refractivity contribution in [1.82, 2.24) is 25.3 Å². The van der Waals surface area contributed by atoms with Crippen LogP contribution in [0, 0.1) is 5.82 Å². The zero-order valence-electron chi connectivity index (χ0n) is 18.6. The van der Waals surface area contributed by atoms with Crippen LogP contribution in [0.1, 0.15) is 50.8 Å². The molecule has 0 spiro atoms. The van der Waals surface area contributed by atoms with E-state index in [-0.39, 0.29) is 29.1 Å². The van der Waals surface area contributed by atoms with Gasteiger partial charge in [-0.05, 0) is 49.7 Å². The molecule has 0 aliphatic heterocycles. The average Bonchev–Trinajstić information content (AvgIpc) is 3.28. The molecule has 0 saturated heterocycles. The lowest BCUT2D eigenvalue weighted by molar-refractivity contribution is 0.0967. The summed E-state index contributed by atoms with van der Waals surface area (Å²) < 4.78 is 14.7. The Bertz CT molecular complexity index is 1090. The van der Waals surface area contributed by atoms with Crippen molar-refractivity contribution in [3.8, 4) is 11.3 Å². The standard InChI is InChI=1S/C22H28FN7O/c1-13(2)24-21(26-20(31)17-12-18(22(3,4)5)29-30(17)6)25-19-11-16(27-28-19)14-7-9-15(23)10-8-14/h7-13H,1-6H3,(H3,24,25,26,27,28,31). The van der Waals surface area contributed by atoms with Crippen LogP contribution in [0.15, 0.2) is 41.4 Å². The Morgan fingerprint density at radius 1 is 1.19 bits per heavy atom. The van der Waals surface area contributed by atoms with Gasteiger partial charge in [-0.15, -0.1) is 0 Å². The highest BCUT2D eigenvalue weighted by molar-refractivity contribution is 6.09. The average molecular weight is 426 g/mol. The van der Waals surface area contributed by atoms with Crippen molar-refractivity contribution in [2.45, 2.75) is 46.1 Å². The van der Waals surface area contributed by atoms with Gasteiger partial charge in [0.05, 0.1) is 11.4 Å². The van der Waals surface area contributed by atoms with Gasteiger partial charge in [0, 0.05) is 24.6 Å². The number of nitrogens with zero attached hydrogens (tertiary/aromatic N) is 4. The van der Waals surface area contributed by atoms with Crippen LogP contribution in [0.2, 0.25) is 0 Å². The fourth-order valence-electron chi connectivity index (χ4n) is 2.86. The van der Waals surface area contributed by atoms with Gasteiger partial charge < -0.3 is 5.32 Å². The summed E-state index contributed by atoms with van der Waals surface area (Å²) in [5.41, 5.74) is 2.58. The number of aromatic amines is 1. The molecule has 0 unspecified atom stereocenters. The van der Waals surface area contributed by atoms with Gasteiger partial charge in [-0.25, -0.2) is 9.38 Å². The number of halogens is 1. The number of carbonyl (C=O) groups is 1. The van der Waals surface area contributed by atoms with E-state index in [2.05, 4.69) is 30.9 Å². The van der Waals surface area contributed by atoms with Gasteiger partial charge in [0.2, 0.25) is 5.96 Å². The molecule has 2 aromatic heterocycles. The summed E-state index contributed by atoms with van der Waals surface area (Å²) >= 11 is 0. The number of aromatic nitrogens is 4. The maximum absolute atomic E-state index is 13.2. The van der Waals surface area contributed by atoms with E-state index in [1.54, 1.807) is 36.0 Å². The maximum atomic E-state index is 13.2. The molecule has 8 nitrogen and oxygen atoms in total. The smallest absolute Gasteiger partial charge is 0.276 e. The first-order valence-corrected chi connectivity index (χ1v) is 10.0. The number of hydrogen-bond donors (Lipinski definition) is 3. The number of guanidine groups is 1. The molecule has 3 N–H and O–H groups in total. The number of aryl methyl sites for hydroxylation is 1. The van der Waals surface area contributed by atoms with Crippen LogP contribution < -0.4 is 10.6 Å². The molecule has 3 aromatic rings. The summed E-state index contributed by atoms with van der Waals surface area (Å²) in [5.74, 6) is 0.113. The Hall–Kier alpha value is -3.49. The van der Waals surface area contributed by atoms with Crippen LogP contribution in [-0.2, 0) is 12.5 Å². The van der Waals surface area contributed by atoms with E-state index in [1.807, 2.05) is 34.6 Å². The maximum Gasteiger partial charge on any atom is 0.276 e. The topological polar surface area (TPSA) is 100.0 Å². The SMILES string of the molecule is CC(C)N=C(NC(=O)c1cc(C(C)(C)C)nn1C)Nc1cc(-c2ccc(F)cc2)[nH]n1. The number of nitrogens with one attached hydrogen (secondary N) is 3. The Balaban J connectivity index is 1.78. The monoisotopic (exact) mass is 425 g/mol. The third-order valence-electron chi connectivity index (χ3n) is 4.48. The molecule has 31 heavy (non-hydrogen) atoms. The number of anilines is 1. The van der Waals surface area contributed by atoms with Crippen molar-refractivity contribution in [2.24, 2.45) is 12.0 Å². The van der Waals surface area contributed by atoms with Crippen molar-refractivity contribution < 1.29 is 9.18 Å². The number of H-pyrrole nitrogens is 1. The van der Waals surface area contributed by atoms with E-state index in [0.717, 1.165) is 11.3 Å². The Labute approximate surface area is 181 Å². The number of benzene rings is 1. The molecule has 0 saturated carbocycles.